The van der Waals surface area contributed by atoms with E-state index in [4.69, 9.17) is 4.74 Å². The fourth-order valence-electron chi connectivity index (χ4n) is 2.37. The molecule has 0 spiro atoms. The van der Waals surface area contributed by atoms with Gasteiger partial charge in [0.15, 0.2) is 0 Å². The van der Waals surface area contributed by atoms with Gasteiger partial charge in [0.1, 0.15) is 0 Å². The van der Waals surface area contributed by atoms with E-state index in [0.29, 0.717) is 25.4 Å². The lowest BCUT2D eigenvalue weighted by Gasteiger charge is -2.44. The van der Waals surface area contributed by atoms with Gasteiger partial charge in [-0.05, 0) is 52.4 Å². The van der Waals surface area contributed by atoms with Crippen molar-refractivity contribution in [3.05, 3.63) is 0 Å². The van der Waals surface area contributed by atoms with E-state index in [0.717, 1.165) is 12.8 Å². The molecular formula is C13H24O3. The van der Waals surface area contributed by atoms with E-state index in [2.05, 4.69) is 6.92 Å². The number of aliphatic hydroxyl groups is 1. The molecule has 16 heavy (non-hydrogen) atoms. The van der Waals surface area contributed by atoms with Gasteiger partial charge in [0, 0.05) is 0 Å². The Morgan fingerprint density at radius 3 is 2.38 bits per heavy atom. The Morgan fingerprint density at radius 2 is 1.94 bits per heavy atom. The molecule has 0 aromatic carbocycles. The second-order valence-electron chi connectivity index (χ2n) is 5.56. The molecule has 1 fully saturated rings. The van der Waals surface area contributed by atoms with E-state index in [1.165, 1.54) is 0 Å². The molecule has 0 saturated heterocycles. The van der Waals surface area contributed by atoms with Crippen molar-refractivity contribution >= 4 is 5.97 Å². The first kappa shape index (κ1) is 13.5. The molecule has 1 aliphatic rings. The SMILES string of the molecule is CCOC(=O)C(C)(C)C1(O)CCC(C)CC1. The lowest BCUT2D eigenvalue weighted by Crippen LogP contribution is -2.52. The molecular weight excluding hydrogens is 204 g/mol. The van der Waals surface area contributed by atoms with Gasteiger partial charge in [0.2, 0.25) is 0 Å². The van der Waals surface area contributed by atoms with Crippen molar-refractivity contribution in [3.63, 3.8) is 0 Å². The van der Waals surface area contributed by atoms with Gasteiger partial charge in [-0.1, -0.05) is 6.92 Å². The predicted molar refractivity (Wildman–Crippen MR) is 63.0 cm³/mol. The summed E-state index contributed by atoms with van der Waals surface area (Å²) in [5.41, 5.74) is -1.70. The molecule has 0 unspecified atom stereocenters. The highest BCUT2D eigenvalue weighted by Gasteiger charge is 2.50. The lowest BCUT2D eigenvalue weighted by atomic mass is 9.65. The van der Waals surface area contributed by atoms with Crippen molar-refractivity contribution in [1.29, 1.82) is 0 Å². The van der Waals surface area contributed by atoms with Crippen LogP contribution in [0.2, 0.25) is 0 Å². The highest BCUT2D eigenvalue weighted by Crippen LogP contribution is 2.44. The molecule has 0 atom stereocenters. The number of carbonyl (C=O) groups excluding carboxylic acids is 1. The summed E-state index contributed by atoms with van der Waals surface area (Å²) >= 11 is 0. The van der Waals surface area contributed by atoms with Gasteiger partial charge in [-0.3, -0.25) is 4.79 Å². The number of hydrogen-bond acceptors (Lipinski definition) is 3. The maximum Gasteiger partial charge on any atom is 0.314 e. The first-order valence-electron chi connectivity index (χ1n) is 6.23. The van der Waals surface area contributed by atoms with E-state index in [-0.39, 0.29) is 5.97 Å². The van der Waals surface area contributed by atoms with Crippen LogP contribution in [0.15, 0.2) is 0 Å². The van der Waals surface area contributed by atoms with Crippen molar-refractivity contribution in [2.24, 2.45) is 11.3 Å². The molecule has 0 aliphatic heterocycles. The highest BCUT2D eigenvalue weighted by atomic mass is 16.5. The van der Waals surface area contributed by atoms with Gasteiger partial charge in [0.05, 0.1) is 17.6 Å². The maximum atomic E-state index is 11.9. The Hall–Kier alpha value is -0.570. The third-order valence-corrected chi connectivity index (χ3v) is 4.05. The van der Waals surface area contributed by atoms with Crippen molar-refractivity contribution in [2.45, 2.75) is 59.0 Å². The third kappa shape index (κ3) is 2.40. The Bertz CT molecular complexity index is 250. The summed E-state index contributed by atoms with van der Waals surface area (Å²) in [6, 6.07) is 0. The monoisotopic (exact) mass is 228 g/mol. The maximum absolute atomic E-state index is 11.9. The average molecular weight is 228 g/mol. The minimum absolute atomic E-state index is 0.285. The van der Waals surface area contributed by atoms with Crippen LogP contribution in [0.1, 0.15) is 53.4 Å². The van der Waals surface area contributed by atoms with E-state index >= 15 is 0 Å². The molecule has 94 valence electrons. The minimum Gasteiger partial charge on any atom is -0.465 e. The van der Waals surface area contributed by atoms with Gasteiger partial charge in [-0.15, -0.1) is 0 Å². The van der Waals surface area contributed by atoms with E-state index in [1.54, 1.807) is 20.8 Å². The van der Waals surface area contributed by atoms with Gasteiger partial charge >= 0.3 is 5.97 Å². The van der Waals surface area contributed by atoms with Crippen LogP contribution in [0.25, 0.3) is 0 Å². The minimum atomic E-state index is -0.897. The van der Waals surface area contributed by atoms with Gasteiger partial charge < -0.3 is 9.84 Å². The quantitative estimate of drug-likeness (QED) is 0.755. The number of carbonyl (C=O) groups is 1. The summed E-state index contributed by atoms with van der Waals surface area (Å²) in [4.78, 5) is 11.9. The zero-order chi connectivity index (χ0) is 12.4. The Morgan fingerprint density at radius 1 is 1.44 bits per heavy atom. The summed E-state index contributed by atoms with van der Waals surface area (Å²) in [6.07, 6.45) is 3.36. The van der Waals surface area contributed by atoms with Gasteiger partial charge in [0.25, 0.3) is 0 Å². The molecule has 1 N–H and O–H groups in total. The lowest BCUT2D eigenvalue weighted by molar-refractivity contribution is -0.176. The fourth-order valence-corrected chi connectivity index (χ4v) is 2.37. The van der Waals surface area contributed by atoms with Crippen LogP contribution in [0.5, 0.6) is 0 Å². The summed E-state index contributed by atoms with van der Waals surface area (Å²) < 4.78 is 5.05. The van der Waals surface area contributed by atoms with Crippen LogP contribution >= 0.6 is 0 Å². The highest BCUT2D eigenvalue weighted by molar-refractivity contribution is 5.77. The fraction of sp³-hybridized carbons (Fsp3) is 0.923. The number of esters is 1. The average Bonchev–Trinajstić information content (AvgIpc) is 2.23. The normalized spacial score (nSPS) is 31.2. The van der Waals surface area contributed by atoms with Crippen molar-refractivity contribution in [3.8, 4) is 0 Å². The molecule has 0 aromatic rings. The Kier molecular flexibility index (Phi) is 4.00. The van der Waals surface area contributed by atoms with Crippen LogP contribution in [0.3, 0.4) is 0 Å². The molecule has 1 rings (SSSR count). The third-order valence-electron chi connectivity index (χ3n) is 4.05. The van der Waals surface area contributed by atoms with Crippen LogP contribution in [0, 0.1) is 11.3 Å². The Balaban J connectivity index is 2.77. The van der Waals surface area contributed by atoms with Gasteiger partial charge in [-0.2, -0.15) is 0 Å². The van der Waals surface area contributed by atoms with Gasteiger partial charge in [-0.25, -0.2) is 0 Å². The number of rotatable bonds is 3. The second kappa shape index (κ2) is 4.74. The standard InChI is InChI=1S/C13H24O3/c1-5-16-11(14)12(3,4)13(15)8-6-10(2)7-9-13/h10,15H,5-9H2,1-4H3. The predicted octanol–water partition coefficient (Wildman–Crippen LogP) is 2.52. The summed E-state index contributed by atoms with van der Waals surface area (Å²) in [7, 11) is 0. The molecule has 0 heterocycles. The van der Waals surface area contributed by atoms with E-state index < -0.39 is 11.0 Å². The molecule has 3 heteroatoms. The topological polar surface area (TPSA) is 46.5 Å². The molecule has 1 saturated carbocycles. The van der Waals surface area contributed by atoms with Crippen molar-refractivity contribution < 1.29 is 14.6 Å². The Labute approximate surface area is 98.2 Å². The molecule has 1 aliphatic carbocycles. The zero-order valence-corrected chi connectivity index (χ0v) is 10.9. The van der Waals surface area contributed by atoms with Crippen molar-refractivity contribution in [1.82, 2.24) is 0 Å². The first-order chi connectivity index (χ1) is 7.33. The molecule has 0 aromatic heterocycles. The van der Waals surface area contributed by atoms with Crippen LogP contribution in [0.4, 0.5) is 0 Å². The van der Waals surface area contributed by atoms with E-state index in [1.807, 2.05) is 0 Å². The molecule has 0 radical (unpaired) electrons. The van der Waals surface area contributed by atoms with Crippen LogP contribution in [-0.4, -0.2) is 23.3 Å². The number of hydrogen-bond donors (Lipinski definition) is 1. The smallest absolute Gasteiger partial charge is 0.314 e. The zero-order valence-electron chi connectivity index (χ0n) is 10.9. The largest absolute Gasteiger partial charge is 0.465 e. The number of ether oxygens (including phenoxy) is 1. The molecule has 0 bridgehead atoms. The molecule has 3 nitrogen and oxygen atoms in total. The van der Waals surface area contributed by atoms with E-state index in [9.17, 15) is 9.90 Å². The summed E-state index contributed by atoms with van der Waals surface area (Å²) in [6.45, 7) is 7.94. The second-order valence-corrected chi connectivity index (χ2v) is 5.56. The first-order valence-corrected chi connectivity index (χ1v) is 6.23. The van der Waals surface area contributed by atoms with Crippen LogP contribution in [-0.2, 0) is 9.53 Å². The molecule has 0 amide bonds. The van der Waals surface area contributed by atoms with Crippen molar-refractivity contribution in [2.75, 3.05) is 6.61 Å². The summed E-state index contributed by atoms with van der Waals surface area (Å²) in [5.74, 6) is 0.366. The summed E-state index contributed by atoms with van der Waals surface area (Å²) in [5, 5.41) is 10.6. The van der Waals surface area contributed by atoms with Crippen LogP contribution < -0.4 is 0 Å².